The van der Waals surface area contributed by atoms with Crippen LogP contribution in [0.4, 0.5) is 0 Å². The van der Waals surface area contributed by atoms with Gasteiger partial charge in [-0.15, -0.1) is 0 Å². The van der Waals surface area contributed by atoms with E-state index < -0.39 is 10.0 Å². The zero-order valence-corrected chi connectivity index (χ0v) is 13.5. The molecule has 1 N–H and O–H groups in total. The van der Waals surface area contributed by atoms with Crippen LogP contribution in [0, 0.1) is 0 Å². The molecule has 0 atom stereocenters. The van der Waals surface area contributed by atoms with Crippen molar-refractivity contribution >= 4 is 10.0 Å². The van der Waals surface area contributed by atoms with Crippen LogP contribution in [0.1, 0.15) is 37.8 Å². The van der Waals surface area contributed by atoms with Gasteiger partial charge in [0, 0.05) is 20.1 Å². The third-order valence-corrected chi connectivity index (χ3v) is 4.97. The Morgan fingerprint density at radius 1 is 1.05 bits per heavy atom. The molecule has 0 aliphatic heterocycles. The summed E-state index contributed by atoms with van der Waals surface area (Å²) in [5.41, 5.74) is 2.02. The average molecular weight is 298 g/mol. The van der Waals surface area contributed by atoms with E-state index in [0.717, 1.165) is 31.5 Å². The van der Waals surface area contributed by atoms with Gasteiger partial charge < -0.3 is 5.32 Å². The van der Waals surface area contributed by atoms with Crippen molar-refractivity contribution in [3.8, 4) is 0 Å². The summed E-state index contributed by atoms with van der Waals surface area (Å²) in [5.74, 6) is 0.0756. The van der Waals surface area contributed by atoms with Crippen LogP contribution in [0.5, 0.6) is 0 Å². The van der Waals surface area contributed by atoms with Crippen LogP contribution < -0.4 is 5.32 Å². The summed E-state index contributed by atoms with van der Waals surface area (Å²) in [6.45, 7) is 6.51. The van der Waals surface area contributed by atoms with Gasteiger partial charge in [0.05, 0.1) is 5.75 Å². The fourth-order valence-corrected chi connectivity index (χ4v) is 3.23. The third-order valence-electron chi connectivity index (χ3n) is 3.14. The molecule has 5 heteroatoms. The molecule has 0 spiro atoms. The number of hydrogen-bond acceptors (Lipinski definition) is 3. The van der Waals surface area contributed by atoms with Crippen molar-refractivity contribution in [1.29, 1.82) is 0 Å². The molecule has 1 rings (SSSR count). The topological polar surface area (TPSA) is 49.4 Å². The fourth-order valence-electron chi connectivity index (χ4n) is 1.94. The maximum Gasteiger partial charge on any atom is 0.218 e. The summed E-state index contributed by atoms with van der Waals surface area (Å²) >= 11 is 0. The highest BCUT2D eigenvalue weighted by Crippen LogP contribution is 2.11. The van der Waals surface area contributed by atoms with E-state index in [2.05, 4.69) is 12.2 Å². The summed E-state index contributed by atoms with van der Waals surface area (Å²) in [5, 5.41) is 3.33. The van der Waals surface area contributed by atoms with Gasteiger partial charge in [-0.25, -0.2) is 12.7 Å². The van der Waals surface area contributed by atoms with Crippen LogP contribution in [-0.2, 0) is 22.3 Å². The standard InChI is InChI=1S/C15H26N2O2S/c1-4-10-16-12-14-6-8-15(9-7-14)13-20(18,19)17(3)11-5-2/h6-9,16H,4-5,10-13H2,1-3H3. The molecule has 0 aromatic heterocycles. The first kappa shape index (κ1) is 17.1. The molecule has 0 saturated heterocycles. The number of rotatable bonds is 9. The lowest BCUT2D eigenvalue weighted by molar-refractivity contribution is 0.467. The number of sulfonamides is 1. The number of hydrogen-bond donors (Lipinski definition) is 1. The maximum absolute atomic E-state index is 12.1. The normalized spacial score (nSPS) is 12.0. The Morgan fingerprint density at radius 2 is 1.65 bits per heavy atom. The van der Waals surface area contributed by atoms with Crippen molar-refractivity contribution in [3.05, 3.63) is 35.4 Å². The highest BCUT2D eigenvalue weighted by atomic mass is 32.2. The summed E-state index contributed by atoms with van der Waals surface area (Å²) in [6.07, 6.45) is 1.94. The summed E-state index contributed by atoms with van der Waals surface area (Å²) < 4.78 is 25.6. The highest BCUT2D eigenvalue weighted by molar-refractivity contribution is 7.88. The summed E-state index contributed by atoms with van der Waals surface area (Å²) in [6, 6.07) is 7.79. The van der Waals surface area contributed by atoms with Gasteiger partial charge in [0.2, 0.25) is 10.0 Å². The number of benzene rings is 1. The minimum atomic E-state index is -3.19. The molecule has 0 aliphatic carbocycles. The first-order valence-electron chi connectivity index (χ1n) is 7.22. The zero-order chi connectivity index (χ0) is 15.0. The molecule has 0 saturated carbocycles. The molecule has 114 valence electrons. The largest absolute Gasteiger partial charge is 0.313 e. The first-order valence-corrected chi connectivity index (χ1v) is 8.83. The molecule has 0 fully saturated rings. The van der Waals surface area contributed by atoms with Gasteiger partial charge in [0.15, 0.2) is 0 Å². The van der Waals surface area contributed by atoms with E-state index in [1.165, 1.54) is 9.87 Å². The van der Waals surface area contributed by atoms with E-state index in [1.54, 1.807) is 7.05 Å². The van der Waals surface area contributed by atoms with Crippen LogP contribution >= 0.6 is 0 Å². The molecular weight excluding hydrogens is 272 g/mol. The third kappa shape index (κ3) is 5.61. The Kier molecular flexibility index (Phi) is 7.19. The average Bonchev–Trinajstić information content (AvgIpc) is 2.41. The smallest absolute Gasteiger partial charge is 0.218 e. The molecule has 20 heavy (non-hydrogen) atoms. The van der Waals surface area contributed by atoms with Crippen LogP contribution in [0.3, 0.4) is 0 Å². The van der Waals surface area contributed by atoms with E-state index in [9.17, 15) is 8.42 Å². The quantitative estimate of drug-likeness (QED) is 0.712. The Morgan fingerprint density at radius 3 is 2.20 bits per heavy atom. The van der Waals surface area contributed by atoms with Crippen LogP contribution in [0.25, 0.3) is 0 Å². The molecule has 0 unspecified atom stereocenters. The van der Waals surface area contributed by atoms with Crippen molar-refractivity contribution < 1.29 is 8.42 Å². The summed E-state index contributed by atoms with van der Waals surface area (Å²) in [7, 11) is -1.55. The Bertz CT molecular complexity index is 483. The minimum Gasteiger partial charge on any atom is -0.313 e. The molecule has 0 bridgehead atoms. The number of nitrogens with one attached hydrogen (secondary N) is 1. The van der Waals surface area contributed by atoms with E-state index in [-0.39, 0.29) is 5.75 Å². The van der Waals surface area contributed by atoms with Crippen molar-refractivity contribution in [3.63, 3.8) is 0 Å². The Hall–Kier alpha value is -0.910. The fraction of sp³-hybridized carbons (Fsp3) is 0.600. The second kappa shape index (κ2) is 8.39. The van der Waals surface area contributed by atoms with Crippen molar-refractivity contribution in [1.82, 2.24) is 9.62 Å². The van der Waals surface area contributed by atoms with E-state index in [4.69, 9.17) is 0 Å². The van der Waals surface area contributed by atoms with Crippen molar-refractivity contribution in [2.45, 2.75) is 39.0 Å². The van der Waals surface area contributed by atoms with Gasteiger partial charge in [-0.3, -0.25) is 0 Å². The van der Waals surface area contributed by atoms with Crippen LogP contribution in [0.15, 0.2) is 24.3 Å². The monoisotopic (exact) mass is 298 g/mol. The molecule has 1 aromatic rings. The second-order valence-corrected chi connectivity index (χ2v) is 7.15. The molecule has 1 aromatic carbocycles. The van der Waals surface area contributed by atoms with Crippen molar-refractivity contribution in [2.75, 3.05) is 20.1 Å². The zero-order valence-electron chi connectivity index (χ0n) is 12.7. The summed E-state index contributed by atoms with van der Waals surface area (Å²) in [4.78, 5) is 0. The minimum absolute atomic E-state index is 0.0756. The van der Waals surface area contributed by atoms with E-state index in [1.807, 2.05) is 31.2 Å². The van der Waals surface area contributed by atoms with E-state index >= 15 is 0 Å². The Balaban J connectivity index is 2.60. The van der Waals surface area contributed by atoms with Crippen molar-refractivity contribution in [2.24, 2.45) is 0 Å². The molecule has 0 aliphatic rings. The SMILES string of the molecule is CCCNCc1ccc(CS(=O)(=O)N(C)CCC)cc1. The van der Waals surface area contributed by atoms with Crippen LogP contribution in [0.2, 0.25) is 0 Å². The maximum atomic E-state index is 12.1. The van der Waals surface area contributed by atoms with E-state index in [0.29, 0.717) is 6.54 Å². The lowest BCUT2D eigenvalue weighted by Crippen LogP contribution is -2.28. The second-order valence-electron chi connectivity index (χ2n) is 5.07. The molecule has 0 amide bonds. The van der Waals surface area contributed by atoms with Gasteiger partial charge in [-0.05, 0) is 30.5 Å². The lowest BCUT2D eigenvalue weighted by Gasteiger charge is -2.16. The van der Waals surface area contributed by atoms with Gasteiger partial charge in [-0.1, -0.05) is 38.1 Å². The first-order chi connectivity index (χ1) is 9.49. The van der Waals surface area contributed by atoms with Gasteiger partial charge in [-0.2, -0.15) is 0 Å². The van der Waals surface area contributed by atoms with Gasteiger partial charge in [0.1, 0.15) is 0 Å². The highest BCUT2D eigenvalue weighted by Gasteiger charge is 2.17. The number of nitrogens with zero attached hydrogens (tertiary/aromatic N) is 1. The Labute approximate surface area is 123 Å². The molecule has 0 heterocycles. The molecular formula is C15H26N2O2S. The van der Waals surface area contributed by atoms with Gasteiger partial charge >= 0.3 is 0 Å². The van der Waals surface area contributed by atoms with Crippen LogP contribution in [-0.4, -0.2) is 32.9 Å². The van der Waals surface area contributed by atoms with Gasteiger partial charge in [0.25, 0.3) is 0 Å². The predicted molar refractivity (Wildman–Crippen MR) is 84.0 cm³/mol. The predicted octanol–water partition coefficient (Wildman–Crippen LogP) is 2.36. The molecule has 0 radical (unpaired) electrons. The lowest BCUT2D eigenvalue weighted by atomic mass is 10.1. The molecule has 4 nitrogen and oxygen atoms in total.